The molecule has 0 saturated carbocycles. The molecule has 0 aliphatic rings. The van der Waals surface area contributed by atoms with Crippen molar-refractivity contribution < 1.29 is 0 Å². The highest BCUT2D eigenvalue weighted by Gasteiger charge is 2.18. The van der Waals surface area contributed by atoms with E-state index < -0.39 is 0 Å². The van der Waals surface area contributed by atoms with Crippen LogP contribution >= 0.6 is 11.3 Å². The largest absolute Gasteiger partial charge is 0.309 e. The first kappa shape index (κ1) is 26.9. The summed E-state index contributed by atoms with van der Waals surface area (Å²) in [5, 5.41) is 10.2. The summed E-state index contributed by atoms with van der Waals surface area (Å²) in [6.45, 7) is 0. The third-order valence-electron chi connectivity index (χ3n) is 10.3. The van der Waals surface area contributed by atoms with Crippen LogP contribution in [0.4, 0.5) is 0 Å². The lowest BCUT2D eigenvalue weighted by molar-refractivity contribution is 1.19. The lowest BCUT2D eigenvalue weighted by Gasteiger charge is -2.10. The van der Waals surface area contributed by atoms with Crippen LogP contribution in [-0.2, 0) is 0 Å². The second-order valence-corrected chi connectivity index (χ2v) is 14.0. The maximum atomic E-state index is 2.43. The van der Waals surface area contributed by atoms with E-state index in [1.165, 1.54) is 97.1 Å². The van der Waals surface area contributed by atoms with Crippen LogP contribution in [-0.4, -0.2) is 9.13 Å². The standard InChI is InChI=1S/C46H28N2S/c1-2-11-32(12-3-1)48-43-25-20-31(27-40(43)38-22-18-29-10-4-5-13-34(29)46(38)48)30-19-24-42-39(26-30)35-14-6-8-16-41(35)47(42)33-21-23-37-36-15-7-9-17-44(36)49-45(37)28-33/h1-28H. The quantitative estimate of drug-likeness (QED) is 0.182. The number of hydrogen-bond acceptors (Lipinski definition) is 1. The van der Waals surface area contributed by atoms with Gasteiger partial charge >= 0.3 is 0 Å². The van der Waals surface area contributed by atoms with E-state index in [0.29, 0.717) is 0 Å². The number of thiophene rings is 1. The molecule has 0 unspecified atom stereocenters. The molecular formula is C46H28N2S. The van der Waals surface area contributed by atoms with Gasteiger partial charge in [0.15, 0.2) is 0 Å². The van der Waals surface area contributed by atoms with Crippen molar-refractivity contribution in [3.05, 3.63) is 170 Å². The first-order valence-corrected chi connectivity index (χ1v) is 17.6. The minimum atomic E-state index is 1.18. The Bertz CT molecular complexity index is 3100. The van der Waals surface area contributed by atoms with E-state index in [1.807, 2.05) is 11.3 Å². The summed E-state index contributed by atoms with van der Waals surface area (Å²) in [7, 11) is 0. The molecule has 49 heavy (non-hydrogen) atoms. The Kier molecular flexibility index (Phi) is 5.57. The molecule has 0 aliphatic heterocycles. The van der Waals surface area contributed by atoms with Gasteiger partial charge < -0.3 is 9.13 Å². The van der Waals surface area contributed by atoms with Gasteiger partial charge in [0.05, 0.1) is 22.1 Å². The molecule has 11 aromatic rings. The Balaban J connectivity index is 1.12. The monoisotopic (exact) mass is 640 g/mol. The summed E-state index contributed by atoms with van der Waals surface area (Å²) in [6, 6.07) is 62.5. The summed E-state index contributed by atoms with van der Waals surface area (Å²) in [4.78, 5) is 0. The smallest absolute Gasteiger partial charge is 0.0619 e. The van der Waals surface area contributed by atoms with Crippen LogP contribution in [0.5, 0.6) is 0 Å². The summed E-state index contributed by atoms with van der Waals surface area (Å²) < 4.78 is 7.51. The fourth-order valence-corrected chi connectivity index (χ4v) is 9.23. The summed E-state index contributed by atoms with van der Waals surface area (Å²) in [5.74, 6) is 0. The van der Waals surface area contributed by atoms with E-state index in [-0.39, 0.29) is 0 Å². The van der Waals surface area contributed by atoms with Gasteiger partial charge in [0, 0.05) is 58.5 Å². The minimum Gasteiger partial charge on any atom is -0.309 e. The number of aromatic nitrogens is 2. The van der Waals surface area contributed by atoms with Crippen molar-refractivity contribution >= 4 is 85.9 Å². The van der Waals surface area contributed by atoms with E-state index in [2.05, 4.69) is 179 Å². The highest BCUT2D eigenvalue weighted by atomic mass is 32.1. The topological polar surface area (TPSA) is 9.86 Å². The van der Waals surface area contributed by atoms with Gasteiger partial charge in [-0.3, -0.25) is 0 Å². The van der Waals surface area contributed by atoms with Gasteiger partial charge in [-0.25, -0.2) is 0 Å². The van der Waals surface area contributed by atoms with Crippen molar-refractivity contribution in [2.75, 3.05) is 0 Å². The van der Waals surface area contributed by atoms with Crippen LogP contribution in [0, 0.1) is 0 Å². The second kappa shape index (κ2) is 10.2. The first-order chi connectivity index (χ1) is 24.3. The normalized spacial score (nSPS) is 12.1. The van der Waals surface area contributed by atoms with Gasteiger partial charge in [0.25, 0.3) is 0 Å². The highest BCUT2D eigenvalue weighted by Crippen LogP contribution is 2.41. The molecule has 228 valence electrons. The van der Waals surface area contributed by atoms with Crippen molar-refractivity contribution in [2.45, 2.75) is 0 Å². The number of benzene rings is 8. The van der Waals surface area contributed by atoms with E-state index in [9.17, 15) is 0 Å². The zero-order valence-electron chi connectivity index (χ0n) is 26.5. The maximum Gasteiger partial charge on any atom is 0.0619 e. The molecule has 8 aromatic carbocycles. The predicted octanol–water partition coefficient (Wildman–Crippen LogP) is 13.1. The van der Waals surface area contributed by atoms with Gasteiger partial charge in [-0.2, -0.15) is 0 Å². The molecule has 0 N–H and O–H groups in total. The summed E-state index contributed by atoms with van der Waals surface area (Å²) in [5.41, 5.74) is 9.73. The Hall–Kier alpha value is -6.16. The van der Waals surface area contributed by atoms with E-state index in [1.54, 1.807) is 0 Å². The Morgan fingerprint density at radius 1 is 0.327 bits per heavy atom. The molecule has 0 amide bonds. The van der Waals surface area contributed by atoms with Gasteiger partial charge in [0.2, 0.25) is 0 Å². The van der Waals surface area contributed by atoms with Crippen LogP contribution < -0.4 is 0 Å². The predicted molar refractivity (Wildman–Crippen MR) is 211 cm³/mol. The minimum absolute atomic E-state index is 1.18. The van der Waals surface area contributed by atoms with Crippen LogP contribution in [0.15, 0.2) is 170 Å². The van der Waals surface area contributed by atoms with Gasteiger partial charge in [0.1, 0.15) is 0 Å². The number of rotatable bonds is 3. The zero-order chi connectivity index (χ0) is 32.1. The fraction of sp³-hybridized carbons (Fsp3) is 0. The van der Waals surface area contributed by atoms with Crippen LogP contribution in [0.1, 0.15) is 0 Å². The molecule has 0 radical (unpaired) electrons. The van der Waals surface area contributed by atoms with E-state index in [4.69, 9.17) is 0 Å². The molecule has 2 nitrogen and oxygen atoms in total. The number of para-hydroxylation sites is 2. The van der Waals surface area contributed by atoms with Crippen molar-refractivity contribution in [3.63, 3.8) is 0 Å². The third kappa shape index (κ3) is 3.88. The Labute approximate surface area is 286 Å². The van der Waals surface area contributed by atoms with Crippen molar-refractivity contribution in [1.29, 1.82) is 0 Å². The molecule has 3 heterocycles. The van der Waals surface area contributed by atoms with Crippen LogP contribution in [0.3, 0.4) is 0 Å². The molecule has 0 atom stereocenters. The zero-order valence-corrected chi connectivity index (χ0v) is 27.3. The van der Waals surface area contributed by atoms with Gasteiger partial charge in [-0.15, -0.1) is 11.3 Å². The molecule has 3 heteroatoms. The molecular weight excluding hydrogens is 613 g/mol. The van der Waals surface area contributed by atoms with Crippen molar-refractivity contribution in [1.82, 2.24) is 9.13 Å². The van der Waals surface area contributed by atoms with Crippen LogP contribution in [0.2, 0.25) is 0 Å². The van der Waals surface area contributed by atoms with Crippen molar-refractivity contribution in [3.8, 4) is 22.5 Å². The molecule has 3 aromatic heterocycles. The number of nitrogens with zero attached hydrogens (tertiary/aromatic N) is 2. The molecule has 0 spiro atoms. The third-order valence-corrected chi connectivity index (χ3v) is 11.4. The molecule has 0 aliphatic carbocycles. The summed E-state index contributed by atoms with van der Waals surface area (Å²) in [6.07, 6.45) is 0. The Morgan fingerprint density at radius 2 is 0.939 bits per heavy atom. The molecule has 0 bridgehead atoms. The molecule has 0 fully saturated rings. The second-order valence-electron chi connectivity index (χ2n) is 12.9. The average Bonchev–Trinajstić information content (AvgIpc) is 3.82. The van der Waals surface area contributed by atoms with Crippen LogP contribution in [0.25, 0.3) is 97.1 Å². The van der Waals surface area contributed by atoms with Crippen molar-refractivity contribution in [2.24, 2.45) is 0 Å². The Morgan fingerprint density at radius 3 is 1.78 bits per heavy atom. The number of hydrogen-bond donors (Lipinski definition) is 0. The first-order valence-electron chi connectivity index (χ1n) is 16.8. The van der Waals surface area contributed by atoms with Gasteiger partial charge in [-0.1, -0.05) is 109 Å². The summed E-state index contributed by atoms with van der Waals surface area (Å²) >= 11 is 1.87. The SMILES string of the molecule is c1ccc(-n2c3ccc(-c4ccc5c(c4)c4ccccc4n5-c4ccc5c(c4)sc4ccccc45)cc3c3ccc4ccccc4c32)cc1. The lowest BCUT2D eigenvalue weighted by Crippen LogP contribution is -1.94. The fourth-order valence-electron chi connectivity index (χ4n) is 8.09. The highest BCUT2D eigenvalue weighted by molar-refractivity contribution is 7.25. The maximum absolute atomic E-state index is 2.43. The van der Waals surface area contributed by atoms with E-state index >= 15 is 0 Å². The average molecular weight is 641 g/mol. The molecule has 11 rings (SSSR count). The molecule has 0 saturated heterocycles. The lowest BCUT2D eigenvalue weighted by atomic mass is 10.00. The van der Waals surface area contributed by atoms with E-state index in [0.717, 1.165) is 0 Å². The number of fused-ring (bicyclic) bond motifs is 11. The van der Waals surface area contributed by atoms with Gasteiger partial charge in [-0.05, 0) is 77.2 Å².